The maximum atomic E-state index is 15.0. The number of nitrogens with two attached hydrogens (primary N) is 2. The number of imidazole rings is 1. The molecule has 3 aromatic rings. The van der Waals surface area contributed by atoms with E-state index in [-0.39, 0.29) is 17.1 Å². The topological polar surface area (TPSA) is 99.7 Å². The first kappa shape index (κ1) is 19.4. The van der Waals surface area contributed by atoms with Gasteiger partial charge in [0, 0.05) is 29.8 Å². The number of benzene rings is 1. The lowest BCUT2D eigenvalue weighted by atomic mass is 10.1. The van der Waals surface area contributed by atoms with Crippen molar-refractivity contribution in [1.29, 1.82) is 0 Å². The molecule has 9 heteroatoms. The van der Waals surface area contributed by atoms with E-state index < -0.39 is 5.82 Å². The smallest absolute Gasteiger partial charge is 0.168 e. The summed E-state index contributed by atoms with van der Waals surface area (Å²) in [7, 11) is 0. The molecule has 156 valence electrons. The highest BCUT2D eigenvalue weighted by molar-refractivity contribution is 6.32. The summed E-state index contributed by atoms with van der Waals surface area (Å²) in [6, 6.07) is 1.87. The van der Waals surface area contributed by atoms with Crippen molar-refractivity contribution >= 4 is 28.5 Å². The molecule has 3 heterocycles. The highest BCUT2D eigenvalue weighted by atomic mass is 35.5. The third-order valence-electron chi connectivity index (χ3n) is 5.82. The van der Waals surface area contributed by atoms with Gasteiger partial charge in [-0.2, -0.15) is 5.10 Å². The van der Waals surface area contributed by atoms with Crippen LogP contribution in [-0.4, -0.2) is 32.4 Å². The number of hydrogen-bond donors (Lipinski definition) is 3. The van der Waals surface area contributed by atoms with Crippen LogP contribution >= 0.6 is 11.6 Å². The molecule has 30 heavy (non-hydrogen) atoms. The lowest BCUT2D eigenvalue weighted by Crippen LogP contribution is -2.17. The minimum atomic E-state index is -0.489. The van der Waals surface area contributed by atoms with E-state index in [9.17, 15) is 0 Å². The SMILES string of the molecule is CC(N)c1c(C#Cc2cc3ncn(C4CC4)c3c(F)c2Cl)nn([C@H]2CCNC2)c1N. The maximum absolute atomic E-state index is 15.0. The Kier molecular flexibility index (Phi) is 4.69. The van der Waals surface area contributed by atoms with Crippen LogP contribution in [-0.2, 0) is 0 Å². The van der Waals surface area contributed by atoms with Crippen molar-refractivity contribution in [2.75, 3.05) is 18.8 Å². The van der Waals surface area contributed by atoms with Gasteiger partial charge in [-0.05, 0) is 44.7 Å². The second kappa shape index (κ2) is 7.27. The molecule has 0 bridgehead atoms. The van der Waals surface area contributed by atoms with Crippen LogP contribution in [0.25, 0.3) is 11.0 Å². The lowest BCUT2D eigenvalue weighted by molar-refractivity contribution is 0.496. The van der Waals surface area contributed by atoms with Crippen LogP contribution < -0.4 is 16.8 Å². The quantitative estimate of drug-likeness (QED) is 0.558. The molecule has 2 atom stereocenters. The van der Waals surface area contributed by atoms with Crippen LogP contribution in [0.15, 0.2) is 12.4 Å². The predicted octanol–water partition coefficient (Wildman–Crippen LogP) is 2.90. The number of rotatable bonds is 3. The van der Waals surface area contributed by atoms with Crippen LogP contribution in [0.4, 0.5) is 10.2 Å². The third kappa shape index (κ3) is 3.14. The van der Waals surface area contributed by atoms with Crippen LogP contribution in [0.3, 0.4) is 0 Å². The third-order valence-corrected chi connectivity index (χ3v) is 6.19. The average molecular weight is 428 g/mol. The minimum Gasteiger partial charge on any atom is -0.384 e. The van der Waals surface area contributed by atoms with Gasteiger partial charge in [0.1, 0.15) is 17.0 Å². The summed E-state index contributed by atoms with van der Waals surface area (Å²) in [6.07, 6.45) is 4.68. The Morgan fingerprint density at radius 1 is 1.30 bits per heavy atom. The Hall–Kier alpha value is -2.60. The van der Waals surface area contributed by atoms with E-state index in [0.29, 0.717) is 39.7 Å². The molecule has 0 amide bonds. The molecule has 0 radical (unpaired) electrons. The van der Waals surface area contributed by atoms with Crippen LogP contribution in [0.5, 0.6) is 0 Å². The van der Waals surface area contributed by atoms with Gasteiger partial charge in [-0.25, -0.2) is 14.1 Å². The standard InChI is InChI=1S/C21H23ClFN7/c1-11(24)17-15(28-30(21(17)25)14-6-7-26-9-14)5-2-12-8-16-20(19(23)18(12)22)29(10-27-16)13-3-4-13/h8,10-11,13-14,26H,3-4,6-7,9,24-25H2,1H3/t11?,14-/m0/s1. The Bertz CT molecular complexity index is 1190. The van der Waals surface area contributed by atoms with E-state index in [1.54, 1.807) is 17.1 Å². The zero-order valence-electron chi connectivity index (χ0n) is 16.6. The molecule has 1 saturated heterocycles. The molecule has 1 aliphatic heterocycles. The number of nitrogens with one attached hydrogen (secondary N) is 1. The van der Waals surface area contributed by atoms with Gasteiger partial charge in [0.15, 0.2) is 5.82 Å². The number of hydrogen-bond acceptors (Lipinski definition) is 5. The predicted molar refractivity (Wildman–Crippen MR) is 115 cm³/mol. The Labute approximate surface area is 178 Å². The number of aromatic nitrogens is 4. The first-order chi connectivity index (χ1) is 14.5. The number of nitrogens with zero attached hydrogens (tertiary/aromatic N) is 4. The average Bonchev–Trinajstić information content (AvgIpc) is 3.12. The summed E-state index contributed by atoms with van der Waals surface area (Å²) in [6.45, 7) is 3.56. The van der Waals surface area contributed by atoms with Crippen LogP contribution in [0.2, 0.25) is 5.02 Å². The van der Waals surface area contributed by atoms with E-state index in [2.05, 4.69) is 27.2 Å². The molecule has 7 nitrogen and oxygen atoms in total. The first-order valence-electron chi connectivity index (χ1n) is 10.2. The van der Waals surface area contributed by atoms with Crippen molar-refractivity contribution in [3.8, 4) is 11.8 Å². The zero-order chi connectivity index (χ0) is 21.0. The van der Waals surface area contributed by atoms with Crippen molar-refractivity contribution in [1.82, 2.24) is 24.6 Å². The summed E-state index contributed by atoms with van der Waals surface area (Å²) in [5.41, 5.74) is 15.0. The minimum absolute atomic E-state index is 0.00727. The van der Waals surface area contributed by atoms with E-state index in [0.717, 1.165) is 32.4 Å². The van der Waals surface area contributed by atoms with E-state index in [1.807, 2.05) is 11.5 Å². The Balaban J connectivity index is 1.57. The van der Waals surface area contributed by atoms with Gasteiger partial charge in [0.05, 0.1) is 22.9 Å². The molecule has 0 spiro atoms. The molecule has 2 fully saturated rings. The van der Waals surface area contributed by atoms with E-state index in [1.165, 1.54) is 0 Å². The zero-order valence-corrected chi connectivity index (χ0v) is 17.4. The number of nitrogen functional groups attached to an aromatic ring is 1. The second-order valence-electron chi connectivity index (χ2n) is 8.08. The molecular weight excluding hydrogens is 405 g/mol. The molecular formula is C21H23ClFN7. The molecule has 1 unspecified atom stereocenters. The van der Waals surface area contributed by atoms with Gasteiger partial charge < -0.3 is 21.4 Å². The largest absolute Gasteiger partial charge is 0.384 e. The molecule has 1 aromatic carbocycles. The van der Waals surface area contributed by atoms with Gasteiger partial charge >= 0.3 is 0 Å². The molecule has 1 saturated carbocycles. The van der Waals surface area contributed by atoms with Gasteiger partial charge in [0.25, 0.3) is 0 Å². The highest BCUT2D eigenvalue weighted by Gasteiger charge is 2.28. The Morgan fingerprint density at radius 2 is 2.10 bits per heavy atom. The summed E-state index contributed by atoms with van der Waals surface area (Å²) >= 11 is 6.33. The van der Waals surface area contributed by atoms with E-state index >= 15 is 4.39 Å². The van der Waals surface area contributed by atoms with Crippen molar-refractivity contribution < 1.29 is 4.39 Å². The highest BCUT2D eigenvalue weighted by Crippen LogP contribution is 2.39. The molecule has 2 aliphatic rings. The fourth-order valence-electron chi connectivity index (χ4n) is 4.10. The van der Waals surface area contributed by atoms with Crippen molar-refractivity contribution in [3.63, 3.8) is 0 Å². The fraction of sp³-hybridized carbons (Fsp3) is 0.429. The normalized spacial score (nSPS) is 19.8. The van der Waals surface area contributed by atoms with Gasteiger partial charge in [-0.15, -0.1) is 0 Å². The van der Waals surface area contributed by atoms with E-state index in [4.69, 9.17) is 23.1 Å². The first-order valence-corrected chi connectivity index (χ1v) is 10.5. The summed E-state index contributed by atoms with van der Waals surface area (Å²) in [4.78, 5) is 4.34. The van der Waals surface area contributed by atoms with Crippen molar-refractivity contribution in [2.45, 2.75) is 44.3 Å². The lowest BCUT2D eigenvalue weighted by Gasteiger charge is -2.12. The Morgan fingerprint density at radius 3 is 2.77 bits per heavy atom. The number of halogens is 2. The number of anilines is 1. The van der Waals surface area contributed by atoms with Gasteiger partial charge in [-0.1, -0.05) is 17.5 Å². The second-order valence-corrected chi connectivity index (χ2v) is 8.46. The van der Waals surface area contributed by atoms with Gasteiger partial charge in [0.2, 0.25) is 0 Å². The summed E-state index contributed by atoms with van der Waals surface area (Å²) < 4.78 is 18.7. The fourth-order valence-corrected chi connectivity index (χ4v) is 4.30. The molecule has 1 aliphatic carbocycles. The summed E-state index contributed by atoms with van der Waals surface area (Å²) in [5.74, 6) is 6.03. The molecule has 2 aromatic heterocycles. The summed E-state index contributed by atoms with van der Waals surface area (Å²) in [5, 5.41) is 7.92. The van der Waals surface area contributed by atoms with Crippen LogP contribution in [0, 0.1) is 17.7 Å². The molecule has 5 N–H and O–H groups in total. The maximum Gasteiger partial charge on any atom is 0.168 e. The van der Waals surface area contributed by atoms with Crippen LogP contribution in [0.1, 0.15) is 61.1 Å². The molecule has 5 rings (SSSR count). The van der Waals surface area contributed by atoms with Crippen molar-refractivity contribution in [3.05, 3.63) is 40.1 Å². The monoisotopic (exact) mass is 427 g/mol. The van der Waals surface area contributed by atoms with Gasteiger partial charge in [-0.3, -0.25) is 0 Å². The number of fused-ring (bicyclic) bond motifs is 1. The van der Waals surface area contributed by atoms with Crippen molar-refractivity contribution in [2.24, 2.45) is 5.73 Å².